The number of nitrogens with two attached hydrogens (primary N) is 1. The summed E-state index contributed by atoms with van der Waals surface area (Å²) in [5, 5.41) is 15.6. The fraction of sp³-hybridized carbons (Fsp3) is 0.571. The van der Waals surface area contributed by atoms with E-state index >= 15 is 0 Å². The zero-order chi connectivity index (χ0) is 17.4. The van der Waals surface area contributed by atoms with Crippen LogP contribution in [0.15, 0.2) is 11.2 Å². The zero-order valence-electron chi connectivity index (χ0n) is 14.3. The van der Waals surface area contributed by atoms with Crippen LogP contribution in [0.25, 0.3) is 5.95 Å². The lowest BCUT2D eigenvalue weighted by Crippen LogP contribution is -2.44. The van der Waals surface area contributed by atoms with Gasteiger partial charge in [-0.15, -0.1) is 10.2 Å². The number of hydrogen-bond acceptors (Lipinski definition) is 6. The van der Waals surface area contributed by atoms with Crippen molar-refractivity contribution in [1.29, 1.82) is 0 Å². The summed E-state index contributed by atoms with van der Waals surface area (Å²) in [6.07, 6.45) is 0. The fourth-order valence-corrected chi connectivity index (χ4v) is 2.77. The molecule has 0 bridgehead atoms. The molecule has 1 amide bonds. The van der Waals surface area contributed by atoms with E-state index in [4.69, 9.17) is 5.84 Å². The van der Waals surface area contributed by atoms with Gasteiger partial charge in [0.25, 0.3) is 5.95 Å². The Kier molecular flexibility index (Phi) is 4.69. The summed E-state index contributed by atoms with van der Waals surface area (Å²) in [4.78, 5) is 12.2. The Morgan fingerprint density at radius 1 is 1.35 bits per heavy atom. The molecule has 2 heterocycles. The summed E-state index contributed by atoms with van der Waals surface area (Å²) in [6, 6.07) is 1.93. The first kappa shape index (κ1) is 17.3. The predicted octanol–water partition coefficient (Wildman–Crippen LogP) is 1.19. The van der Waals surface area contributed by atoms with Crippen molar-refractivity contribution in [2.75, 3.05) is 5.84 Å². The maximum Gasteiger partial charge on any atom is 0.271 e. The van der Waals surface area contributed by atoms with Gasteiger partial charge >= 0.3 is 0 Å². The molecule has 0 saturated heterocycles. The number of hydrogen-bond donors (Lipinski definition) is 2. The van der Waals surface area contributed by atoms with E-state index in [0.29, 0.717) is 11.1 Å². The number of thioether (sulfide) groups is 1. The number of nitrogens with zero attached hydrogens (tertiary/aromatic N) is 5. The minimum absolute atomic E-state index is 0.0711. The van der Waals surface area contributed by atoms with Crippen LogP contribution in [0.1, 0.15) is 39.1 Å². The normalized spacial score (nSPS) is 13.1. The molecule has 8 nitrogen and oxygen atoms in total. The van der Waals surface area contributed by atoms with E-state index in [9.17, 15) is 4.79 Å². The van der Waals surface area contributed by atoms with Crippen LogP contribution >= 0.6 is 11.8 Å². The molecule has 23 heavy (non-hydrogen) atoms. The molecule has 0 aliphatic rings. The van der Waals surface area contributed by atoms with Crippen molar-refractivity contribution in [3.8, 4) is 5.95 Å². The Labute approximate surface area is 139 Å². The highest BCUT2D eigenvalue weighted by Crippen LogP contribution is 2.22. The van der Waals surface area contributed by atoms with Crippen molar-refractivity contribution in [3.63, 3.8) is 0 Å². The number of carbonyl (C=O) groups is 1. The molecule has 9 heteroatoms. The van der Waals surface area contributed by atoms with E-state index in [1.54, 1.807) is 4.68 Å². The number of amides is 1. The van der Waals surface area contributed by atoms with Crippen molar-refractivity contribution in [3.05, 3.63) is 17.5 Å². The van der Waals surface area contributed by atoms with E-state index < -0.39 is 0 Å². The molecule has 0 aromatic carbocycles. The predicted molar refractivity (Wildman–Crippen MR) is 90.0 cm³/mol. The summed E-state index contributed by atoms with van der Waals surface area (Å²) < 4.78 is 2.98. The minimum Gasteiger partial charge on any atom is -0.351 e. The molecule has 3 N–H and O–H groups in total. The molecule has 0 radical (unpaired) electrons. The van der Waals surface area contributed by atoms with Gasteiger partial charge in [0.1, 0.15) is 0 Å². The molecular formula is C14H23N7OS. The van der Waals surface area contributed by atoms with Crippen molar-refractivity contribution in [2.45, 2.75) is 57.5 Å². The van der Waals surface area contributed by atoms with Gasteiger partial charge in [-0.3, -0.25) is 4.79 Å². The van der Waals surface area contributed by atoms with Gasteiger partial charge in [0.15, 0.2) is 0 Å². The largest absolute Gasteiger partial charge is 0.351 e. The van der Waals surface area contributed by atoms with E-state index in [1.165, 1.54) is 16.4 Å². The van der Waals surface area contributed by atoms with Crippen molar-refractivity contribution in [2.24, 2.45) is 0 Å². The number of aryl methyl sites for hydroxylation is 2. The highest BCUT2D eigenvalue weighted by Gasteiger charge is 2.23. The molecule has 2 aromatic heterocycles. The van der Waals surface area contributed by atoms with Gasteiger partial charge in [-0.2, -0.15) is 5.10 Å². The first-order chi connectivity index (χ1) is 10.6. The van der Waals surface area contributed by atoms with Crippen LogP contribution in [0.5, 0.6) is 0 Å². The molecule has 2 aromatic rings. The van der Waals surface area contributed by atoms with Gasteiger partial charge in [0.2, 0.25) is 11.1 Å². The smallest absolute Gasteiger partial charge is 0.271 e. The first-order valence-electron chi connectivity index (χ1n) is 7.31. The fourth-order valence-electron chi connectivity index (χ4n) is 2.01. The molecule has 0 aliphatic heterocycles. The number of carbonyl (C=O) groups excluding carboxylic acids is 1. The van der Waals surface area contributed by atoms with E-state index in [-0.39, 0.29) is 16.7 Å². The Bertz CT molecular complexity index is 713. The van der Waals surface area contributed by atoms with Crippen molar-refractivity contribution >= 4 is 17.7 Å². The number of nitrogens with one attached hydrogen (secondary N) is 1. The minimum atomic E-state index is -0.339. The van der Waals surface area contributed by atoms with Gasteiger partial charge in [0.05, 0.1) is 10.9 Å². The summed E-state index contributed by atoms with van der Waals surface area (Å²) in [5.41, 5.74) is 1.51. The number of nitrogen functional groups attached to an aromatic ring is 1. The molecule has 0 aliphatic carbocycles. The third-order valence-corrected chi connectivity index (χ3v) is 4.05. The van der Waals surface area contributed by atoms with Crippen LogP contribution < -0.4 is 11.2 Å². The van der Waals surface area contributed by atoms with Crippen LogP contribution in [0.3, 0.4) is 0 Å². The van der Waals surface area contributed by atoms with Crippen LogP contribution in [0.4, 0.5) is 0 Å². The van der Waals surface area contributed by atoms with Gasteiger partial charge in [-0.05, 0) is 47.6 Å². The lowest BCUT2D eigenvalue weighted by atomic mass is 10.1. The molecule has 1 atom stereocenters. The summed E-state index contributed by atoms with van der Waals surface area (Å²) in [5.74, 6) is 6.41. The molecule has 0 saturated carbocycles. The van der Waals surface area contributed by atoms with Crippen LogP contribution in [0.2, 0.25) is 0 Å². The average molecular weight is 337 g/mol. The summed E-state index contributed by atoms with van der Waals surface area (Å²) in [7, 11) is 0. The Hall–Kier alpha value is -2.03. The average Bonchev–Trinajstić information content (AvgIpc) is 2.91. The molecule has 0 fully saturated rings. The zero-order valence-corrected chi connectivity index (χ0v) is 15.1. The van der Waals surface area contributed by atoms with E-state index in [2.05, 4.69) is 20.6 Å². The standard InChI is InChI=1S/C14H23N7OS/c1-8-7-9(2)21(19-8)12-17-18-13(20(12)15)23-10(3)11(22)16-14(4,5)6/h7,10H,15H2,1-6H3,(H,16,22). The number of aromatic nitrogens is 5. The van der Waals surface area contributed by atoms with Crippen molar-refractivity contribution in [1.82, 2.24) is 30.0 Å². The third kappa shape index (κ3) is 4.04. The Balaban J connectivity index is 2.17. The SMILES string of the molecule is Cc1cc(C)n(-c2nnc(SC(C)C(=O)NC(C)(C)C)n2N)n1. The van der Waals surface area contributed by atoms with Gasteiger partial charge < -0.3 is 11.2 Å². The molecule has 2 rings (SSSR count). The summed E-state index contributed by atoms with van der Waals surface area (Å²) >= 11 is 1.26. The van der Waals surface area contributed by atoms with Crippen LogP contribution in [-0.4, -0.2) is 41.3 Å². The van der Waals surface area contributed by atoms with Gasteiger partial charge in [0, 0.05) is 11.2 Å². The lowest BCUT2D eigenvalue weighted by Gasteiger charge is -2.22. The van der Waals surface area contributed by atoms with Gasteiger partial charge in [-0.1, -0.05) is 11.8 Å². The molecule has 0 spiro atoms. The Morgan fingerprint density at radius 3 is 2.52 bits per heavy atom. The highest BCUT2D eigenvalue weighted by atomic mass is 32.2. The number of rotatable bonds is 4. The van der Waals surface area contributed by atoms with E-state index in [0.717, 1.165) is 11.4 Å². The second kappa shape index (κ2) is 6.23. The first-order valence-corrected chi connectivity index (χ1v) is 8.19. The monoisotopic (exact) mass is 337 g/mol. The maximum absolute atomic E-state index is 12.2. The second-order valence-electron chi connectivity index (χ2n) is 6.49. The maximum atomic E-state index is 12.2. The highest BCUT2D eigenvalue weighted by molar-refractivity contribution is 8.00. The molecular weight excluding hydrogens is 314 g/mol. The quantitative estimate of drug-likeness (QED) is 0.641. The van der Waals surface area contributed by atoms with Crippen molar-refractivity contribution < 1.29 is 4.79 Å². The third-order valence-electron chi connectivity index (χ3n) is 3.00. The topological polar surface area (TPSA) is 104 Å². The summed E-state index contributed by atoms with van der Waals surface area (Å²) in [6.45, 7) is 11.4. The van der Waals surface area contributed by atoms with Gasteiger partial charge in [-0.25, -0.2) is 9.36 Å². The Morgan fingerprint density at radius 2 is 2.00 bits per heavy atom. The molecule has 126 valence electrons. The van der Waals surface area contributed by atoms with Crippen LogP contribution in [0, 0.1) is 13.8 Å². The van der Waals surface area contributed by atoms with Crippen LogP contribution in [-0.2, 0) is 4.79 Å². The molecule has 1 unspecified atom stereocenters. The second-order valence-corrected chi connectivity index (χ2v) is 7.80. The van der Waals surface area contributed by atoms with E-state index in [1.807, 2.05) is 47.6 Å². The lowest BCUT2D eigenvalue weighted by molar-refractivity contribution is -0.121.